The van der Waals surface area contributed by atoms with E-state index >= 15 is 0 Å². The van der Waals surface area contributed by atoms with Gasteiger partial charge in [0.1, 0.15) is 0 Å². The number of nitrogens with one attached hydrogen (secondary N) is 1. The van der Waals surface area contributed by atoms with Gasteiger partial charge in [0.15, 0.2) is 0 Å². The van der Waals surface area contributed by atoms with Gasteiger partial charge in [0.2, 0.25) is 0 Å². The Hall–Kier alpha value is -1.53. The van der Waals surface area contributed by atoms with Crippen molar-refractivity contribution in [1.82, 2.24) is 5.32 Å². The molecular formula is C14H19N3. The molecule has 1 N–H and O–H groups in total. The molecule has 1 aliphatic rings. The molecule has 1 saturated heterocycles. The van der Waals surface area contributed by atoms with Gasteiger partial charge in [-0.2, -0.15) is 5.26 Å². The average Bonchev–Trinajstić information content (AvgIpc) is 2.85. The smallest absolute Gasteiger partial charge is 0.0843 e. The summed E-state index contributed by atoms with van der Waals surface area (Å²) >= 11 is 0. The molecule has 90 valence electrons. The Labute approximate surface area is 103 Å². The van der Waals surface area contributed by atoms with E-state index in [1.54, 1.807) is 0 Å². The molecule has 1 heterocycles. The molecule has 0 aromatic heterocycles. The second kappa shape index (κ2) is 5.70. The van der Waals surface area contributed by atoms with Crippen LogP contribution >= 0.6 is 0 Å². The van der Waals surface area contributed by atoms with E-state index in [1.807, 2.05) is 0 Å². The third-order valence-corrected chi connectivity index (χ3v) is 3.37. The molecule has 3 nitrogen and oxygen atoms in total. The van der Waals surface area contributed by atoms with Gasteiger partial charge in [-0.25, -0.2) is 0 Å². The zero-order valence-electron chi connectivity index (χ0n) is 10.3. The quantitative estimate of drug-likeness (QED) is 0.802. The van der Waals surface area contributed by atoms with Crippen LogP contribution in [0, 0.1) is 11.3 Å². The molecular weight excluding hydrogens is 210 g/mol. The minimum atomic E-state index is 0.452. The number of nitrogens with zero attached hydrogens (tertiary/aromatic N) is 2. The van der Waals surface area contributed by atoms with Crippen molar-refractivity contribution in [2.45, 2.75) is 25.8 Å². The molecule has 17 heavy (non-hydrogen) atoms. The Morgan fingerprint density at radius 1 is 1.41 bits per heavy atom. The Kier molecular flexibility index (Phi) is 4.00. The highest BCUT2D eigenvalue weighted by Crippen LogP contribution is 2.20. The topological polar surface area (TPSA) is 39.1 Å². The Morgan fingerprint density at radius 3 is 2.82 bits per heavy atom. The van der Waals surface area contributed by atoms with Crippen LogP contribution in [0.4, 0.5) is 5.69 Å². The molecule has 1 aromatic carbocycles. The van der Waals surface area contributed by atoms with Gasteiger partial charge in [0.05, 0.1) is 12.6 Å². The molecule has 1 aromatic rings. The summed E-state index contributed by atoms with van der Waals surface area (Å²) in [7, 11) is 0. The SMILES string of the molecule is CCc1ccc(N2CCC(NCC#N)C2)cc1. The molecule has 1 atom stereocenters. The van der Waals surface area contributed by atoms with E-state index in [0.717, 1.165) is 25.9 Å². The molecule has 0 radical (unpaired) electrons. The number of benzene rings is 1. The van der Waals surface area contributed by atoms with E-state index in [-0.39, 0.29) is 0 Å². The summed E-state index contributed by atoms with van der Waals surface area (Å²) in [5.74, 6) is 0. The highest BCUT2D eigenvalue weighted by atomic mass is 15.2. The van der Waals surface area contributed by atoms with E-state index < -0.39 is 0 Å². The van der Waals surface area contributed by atoms with Crippen molar-refractivity contribution in [2.75, 3.05) is 24.5 Å². The first kappa shape index (κ1) is 11.9. The van der Waals surface area contributed by atoms with Gasteiger partial charge >= 0.3 is 0 Å². The van der Waals surface area contributed by atoms with Crippen LogP contribution in [0.5, 0.6) is 0 Å². The van der Waals surface area contributed by atoms with Crippen molar-refractivity contribution < 1.29 is 0 Å². The molecule has 1 fully saturated rings. The second-order valence-corrected chi connectivity index (χ2v) is 4.49. The predicted molar refractivity (Wildman–Crippen MR) is 70.1 cm³/mol. The third-order valence-electron chi connectivity index (χ3n) is 3.37. The summed E-state index contributed by atoms with van der Waals surface area (Å²) < 4.78 is 0. The maximum absolute atomic E-state index is 8.54. The summed E-state index contributed by atoms with van der Waals surface area (Å²) in [6, 6.07) is 11.4. The van der Waals surface area contributed by atoms with Gasteiger partial charge in [-0.15, -0.1) is 0 Å². The fraction of sp³-hybridized carbons (Fsp3) is 0.500. The summed E-state index contributed by atoms with van der Waals surface area (Å²) in [6.07, 6.45) is 2.21. The molecule has 1 aliphatic heterocycles. The van der Waals surface area contributed by atoms with Gasteiger partial charge in [-0.05, 0) is 30.5 Å². The standard InChI is InChI=1S/C14H19N3/c1-2-12-3-5-14(6-4-12)17-10-7-13(11-17)16-9-8-15/h3-6,13,16H,2,7,9-11H2,1H3. The molecule has 0 bridgehead atoms. The van der Waals surface area contributed by atoms with Gasteiger partial charge in [-0.1, -0.05) is 19.1 Å². The second-order valence-electron chi connectivity index (χ2n) is 4.49. The lowest BCUT2D eigenvalue weighted by molar-refractivity contribution is 0.591. The Morgan fingerprint density at radius 2 is 2.18 bits per heavy atom. The van der Waals surface area contributed by atoms with Crippen LogP contribution in [0.15, 0.2) is 24.3 Å². The van der Waals surface area contributed by atoms with Crippen LogP contribution in [0.3, 0.4) is 0 Å². The highest BCUT2D eigenvalue weighted by Gasteiger charge is 2.21. The van der Waals surface area contributed by atoms with E-state index in [9.17, 15) is 0 Å². The van der Waals surface area contributed by atoms with Crippen LogP contribution < -0.4 is 10.2 Å². The van der Waals surface area contributed by atoms with Crippen LogP contribution in [0.2, 0.25) is 0 Å². The van der Waals surface area contributed by atoms with Gasteiger partial charge < -0.3 is 4.90 Å². The maximum Gasteiger partial charge on any atom is 0.0843 e. The number of nitriles is 1. The fourth-order valence-corrected chi connectivity index (χ4v) is 2.29. The molecule has 2 rings (SSSR count). The Balaban J connectivity index is 1.93. The van der Waals surface area contributed by atoms with Crippen LogP contribution in [-0.2, 0) is 6.42 Å². The third kappa shape index (κ3) is 2.98. The lowest BCUT2D eigenvalue weighted by atomic mass is 10.1. The van der Waals surface area contributed by atoms with Crippen LogP contribution in [0.1, 0.15) is 18.9 Å². The molecule has 0 spiro atoms. The number of anilines is 1. The lowest BCUT2D eigenvalue weighted by Gasteiger charge is -2.19. The highest BCUT2D eigenvalue weighted by molar-refractivity contribution is 5.48. The van der Waals surface area contributed by atoms with Crippen molar-refractivity contribution in [3.05, 3.63) is 29.8 Å². The lowest BCUT2D eigenvalue weighted by Crippen LogP contribution is -2.32. The average molecular weight is 229 g/mol. The molecule has 0 saturated carbocycles. The van der Waals surface area contributed by atoms with Crippen molar-refractivity contribution in [2.24, 2.45) is 0 Å². The van der Waals surface area contributed by atoms with Gasteiger partial charge in [0.25, 0.3) is 0 Å². The summed E-state index contributed by atoms with van der Waals surface area (Å²) in [5.41, 5.74) is 2.68. The van der Waals surface area contributed by atoms with E-state index in [4.69, 9.17) is 5.26 Å². The largest absolute Gasteiger partial charge is 0.370 e. The van der Waals surface area contributed by atoms with Crippen molar-refractivity contribution >= 4 is 5.69 Å². The zero-order chi connectivity index (χ0) is 12.1. The van der Waals surface area contributed by atoms with Crippen LogP contribution in [0.25, 0.3) is 0 Å². The normalized spacial score (nSPS) is 19.3. The first-order valence-electron chi connectivity index (χ1n) is 6.27. The molecule has 0 aliphatic carbocycles. The fourth-order valence-electron chi connectivity index (χ4n) is 2.29. The Bertz CT molecular complexity index is 391. The predicted octanol–water partition coefficient (Wildman–Crippen LogP) is 1.94. The molecule has 1 unspecified atom stereocenters. The van der Waals surface area contributed by atoms with E-state index in [0.29, 0.717) is 12.6 Å². The summed E-state index contributed by atoms with van der Waals surface area (Å²) in [5, 5.41) is 11.8. The molecule has 3 heteroatoms. The van der Waals surface area contributed by atoms with E-state index in [2.05, 4.69) is 47.5 Å². The monoisotopic (exact) mass is 229 g/mol. The number of rotatable bonds is 4. The molecule has 0 amide bonds. The number of aryl methyl sites for hydroxylation is 1. The van der Waals surface area contributed by atoms with Crippen molar-refractivity contribution in [1.29, 1.82) is 5.26 Å². The zero-order valence-corrected chi connectivity index (χ0v) is 10.3. The van der Waals surface area contributed by atoms with Crippen molar-refractivity contribution in [3.63, 3.8) is 0 Å². The number of hydrogen-bond acceptors (Lipinski definition) is 3. The van der Waals surface area contributed by atoms with Gasteiger partial charge in [0, 0.05) is 24.8 Å². The minimum Gasteiger partial charge on any atom is -0.370 e. The first-order valence-corrected chi connectivity index (χ1v) is 6.27. The minimum absolute atomic E-state index is 0.452. The first-order chi connectivity index (χ1) is 8.33. The van der Waals surface area contributed by atoms with Gasteiger partial charge in [-0.3, -0.25) is 5.32 Å². The number of hydrogen-bond donors (Lipinski definition) is 1. The maximum atomic E-state index is 8.54. The van der Waals surface area contributed by atoms with Crippen LogP contribution in [-0.4, -0.2) is 25.7 Å². The van der Waals surface area contributed by atoms with E-state index in [1.165, 1.54) is 11.3 Å². The van der Waals surface area contributed by atoms with Crippen molar-refractivity contribution in [3.8, 4) is 6.07 Å². The summed E-state index contributed by atoms with van der Waals surface area (Å²) in [4.78, 5) is 2.38. The summed E-state index contributed by atoms with van der Waals surface area (Å²) in [6.45, 7) is 4.71.